The van der Waals surface area contributed by atoms with Crippen LogP contribution in [0.1, 0.15) is 24.8 Å². The Morgan fingerprint density at radius 3 is 2.60 bits per heavy atom. The van der Waals surface area contributed by atoms with Crippen molar-refractivity contribution in [1.82, 2.24) is 0 Å². The first-order valence-corrected chi connectivity index (χ1v) is 7.00. The Labute approximate surface area is 122 Å². The predicted octanol–water partition coefficient (Wildman–Crippen LogP) is 3.53. The van der Waals surface area contributed by atoms with E-state index in [9.17, 15) is 18.0 Å². The Balaban J connectivity index is 2.12. The van der Waals surface area contributed by atoms with E-state index in [1.54, 1.807) is 0 Å². The van der Waals surface area contributed by atoms with Gasteiger partial charge in [0.1, 0.15) is 0 Å². The lowest BCUT2D eigenvalue weighted by molar-refractivity contribution is -0.138. The number of hydrogen-bond acceptors (Lipinski definition) is 2. The molecule has 0 aromatic heterocycles. The second-order valence-electron chi connectivity index (χ2n) is 4.95. The number of carbonyl (C=O) groups is 1. The fourth-order valence-electron chi connectivity index (χ4n) is 2.32. The Hall–Kier alpha value is -1.08. The van der Waals surface area contributed by atoms with Crippen molar-refractivity contribution in [1.29, 1.82) is 0 Å². The summed E-state index contributed by atoms with van der Waals surface area (Å²) in [5.41, 5.74) is 5.06. The average molecular weight is 351 g/mol. The van der Waals surface area contributed by atoms with Crippen LogP contribution in [0.4, 0.5) is 18.9 Å². The molecule has 0 bridgehead atoms. The van der Waals surface area contributed by atoms with Gasteiger partial charge < -0.3 is 11.1 Å². The summed E-state index contributed by atoms with van der Waals surface area (Å²) in [5, 5.41) is 2.53. The molecule has 1 amide bonds. The van der Waals surface area contributed by atoms with Crippen molar-refractivity contribution in [3.63, 3.8) is 0 Å². The highest BCUT2D eigenvalue weighted by Gasteiger charge is 2.33. The van der Waals surface area contributed by atoms with Crippen molar-refractivity contribution >= 4 is 27.5 Å². The van der Waals surface area contributed by atoms with Crippen molar-refractivity contribution in [2.75, 3.05) is 5.32 Å². The van der Waals surface area contributed by atoms with Gasteiger partial charge in [-0.15, -0.1) is 0 Å². The van der Waals surface area contributed by atoms with Gasteiger partial charge in [0.05, 0.1) is 5.56 Å². The molecule has 0 radical (unpaired) electrons. The number of alkyl halides is 3. The fraction of sp³-hybridized carbons (Fsp3) is 0.462. The molecule has 1 aromatic rings. The third-order valence-electron chi connectivity index (χ3n) is 3.38. The van der Waals surface area contributed by atoms with Crippen LogP contribution in [0.3, 0.4) is 0 Å². The van der Waals surface area contributed by atoms with Crippen molar-refractivity contribution < 1.29 is 18.0 Å². The van der Waals surface area contributed by atoms with E-state index >= 15 is 0 Å². The number of hydrogen-bond donors (Lipinski definition) is 2. The van der Waals surface area contributed by atoms with Crippen molar-refractivity contribution in [2.24, 2.45) is 11.7 Å². The molecule has 0 aliphatic heterocycles. The van der Waals surface area contributed by atoms with Gasteiger partial charge in [-0.05, 0) is 37.5 Å². The van der Waals surface area contributed by atoms with Gasteiger partial charge in [0.2, 0.25) is 5.91 Å². The molecule has 1 saturated carbocycles. The maximum Gasteiger partial charge on any atom is 0.417 e. The molecule has 1 aromatic carbocycles. The zero-order valence-electron chi connectivity index (χ0n) is 10.5. The predicted molar refractivity (Wildman–Crippen MR) is 73.1 cm³/mol. The summed E-state index contributed by atoms with van der Waals surface area (Å²) in [6.07, 6.45) is -2.44. The maximum absolute atomic E-state index is 12.8. The van der Waals surface area contributed by atoms with Crippen LogP contribution in [0, 0.1) is 5.92 Å². The van der Waals surface area contributed by atoms with E-state index in [0.717, 1.165) is 12.5 Å². The summed E-state index contributed by atoms with van der Waals surface area (Å²) < 4.78 is 38.2. The molecular formula is C13H14BrF3N2O. The summed E-state index contributed by atoms with van der Waals surface area (Å²) in [6.45, 7) is 0. The van der Waals surface area contributed by atoms with E-state index in [2.05, 4.69) is 21.2 Å². The Kier molecular flexibility index (Phi) is 4.39. The van der Waals surface area contributed by atoms with E-state index in [1.807, 2.05) is 0 Å². The first kappa shape index (κ1) is 15.3. The molecule has 3 N–H and O–H groups in total. The van der Waals surface area contributed by atoms with Crippen molar-refractivity contribution in [2.45, 2.75) is 31.5 Å². The van der Waals surface area contributed by atoms with Crippen molar-refractivity contribution in [3.05, 3.63) is 28.2 Å². The molecule has 20 heavy (non-hydrogen) atoms. The van der Waals surface area contributed by atoms with E-state index < -0.39 is 11.7 Å². The number of nitrogens with one attached hydrogen (secondary N) is 1. The summed E-state index contributed by atoms with van der Waals surface area (Å²) in [5.74, 6) is -0.489. The molecule has 2 atom stereocenters. The molecule has 2 rings (SSSR count). The highest BCUT2D eigenvalue weighted by molar-refractivity contribution is 9.10. The lowest BCUT2D eigenvalue weighted by Crippen LogP contribution is -2.23. The molecular weight excluding hydrogens is 337 g/mol. The van der Waals surface area contributed by atoms with Gasteiger partial charge in [-0.1, -0.05) is 15.9 Å². The Morgan fingerprint density at radius 1 is 1.35 bits per heavy atom. The van der Waals surface area contributed by atoms with Crippen LogP contribution < -0.4 is 11.1 Å². The first-order chi connectivity index (χ1) is 9.27. The minimum absolute atomic E-state index is 0.00130. The summed E-state index contributed by atoms with van der Waals surface area (Å²) in [4.78, 5) is 11.9. The number of nitrogens with two attached hydrogens (primary N) is 1. The van der Waals surface area contributed by atoms with Crippen LogP contribution >= 0.6 is 15.9 Å². The lowest BCUT2D eigenvalue weighted by atomic mass is 10.1. The molecule has 7 heteroatoms. The number of carbonyl (C=O) groups excluding carboxylic acids is 1. The van der Waals surface area contributed by atoms with Gasteiger partial charge >= 0.3 is 6.18 Å². The topological polar surface area (TPSA) is 55.1 Å². The molecule has 0 heterocycles. The van der Waals surface area contributed by atoms with Gasteiger partial charge in [0.15, 0.2) is 0 Å². The second kappa shape index (κ2) is 5.73. The fourth-order valence-corrected chi connectivity index (χ4v) is 2.79. The summed E-state index contributed by atoms with van der Waals surface area (Å²) in [7, 11) is 0. The minimum atomic E-state index is -4.46. The maximum atomic E-state index is 12.8. The van der Waals surface area contributed by atoms with Gasteiger partial charge in [-0.3, -0.25) is 4.79 Å². The van der Waals surface area contributed by atoms with Gasteiger partial charge in [0.25, 0.3) is 0 Å². The van der Waals surface area contributed by atoms with Crippen LogP contribution in [0.5, 0.6) is 0 Å². The minimum Gasteiger partial charge on any atom is -0.328 e. The molecule has 110 valence electrons. The SMILES string of the molecule is NC1CCC(C(=O)Nc2ccc(Br)c(C(F)(F)F)c2)C1. The molecule has 1 aliphatic rings. The normalized spacial score (nSPS) is 22.9. The third kappa shape index (κ3) is 3.52. The molecule has 2 unspecified atom stereocenters. The molecule has 0 spiro atoms. The number of halogens is 4. The number of amides is 1. The van der Waals surface area contributed by atoms with E-state index in [-0.39, 0.29) is 28.0 Å². The van der Waals surface area contributed by atoms with Crippen LogP contribution in [0.15, 0.2) is 22.7 Å². The molecule has 0 saturated heterocycles. The second-order valence-corrected chi connectivity index (χ2v) is 5.81. The summed E-state index contributed by atoms with van der Waals surface area (Å²) in [6, 6.07) is 3.64. The quantitative estimate of drug-likeness (QED) is 0.857. The highest BCUT2D eigenvalue weighted by Crippen LogP contribution is 2.36. The number of anilines is 1. The number of rotatable bonds is 2. The van der Waals surface area contributed by atoms with Crippen LogP contribution in [0.2, 0.25) is 0 Å². The van der Waals surface area contributed by atoms with E-state index in [0.29, 0.717) is 12.8 Å². The largest absolute Gasteiger partial charge is 0.417 e. The van der Waals surface area contributed by atoms with Gasteiger partial charge in [-0.2, -0.15) is 13.2 Å². The summed E-state index contributed by atoms with van der Waals surface area (Å²) >= 11 is 2.86. The number of benzene rings is 1. The zero-order valence-corrected chi connectivity index (χ0v) is 12.1. The van der Waals surface area contributed by atoms with Gasteiger partial charge in [0, 0.05) is 22.1 Å². The Bertz CT molecular complexity index is 519. The van der Waals surface area contributed by atoms with Gasteiger partial charge in [-0.25, -0.2) is 0 Å². The van der Waals surface area contributed by atoms with Crippen molar-refractivity contribution in [3.8, 4) is 0 Å². The molecule has 1 fully saturated rings. The van der Waals surface area contributed by atoms with Crippen LogP contribution in [0.25, 0.3) is 0 Å². The highest BCUT2D eigenvalue weighted by atomic mass is 79.9. The third-order valence-corrected chi connectivity index (χ3v) is 4.07. The standard InChI is InChI=1S/C13H14BrF3N2O/c14-11-4-3-9(6-10(11)13(15,16)17)19-12(20)7-1-2-8(18)5-7/h3-4,6-8H,1-2,5,18H2,(H,19,20). The Morgan fingerprint density at radius 2 is 2.05 bits per heavy atom. The van der Waals surface area contributed by atoms with E-state index in [1.165, 1.54) is 12.1 Å². The van der Waals surface area contributed by atoms with E-state index in [4.69, 9.17) is 5.73 Å². The first-order valence-electron chi connectivity index (χ1n) is 6.20. The monoisotopic (exact) mass is 350 g/mol. The molecule has 1 aliphatic carbocycles. The van der Waals surface area contributed by atoms with Crippen LogP contribution in [-0.4, -0.2) is 11.9 Å². The zero-order chi connectivity index (χ0) is 14.9. The lowest BCUT2D eigenvalue weighted by Gasteiger charge is -2.14. The smallest absolute Gasteiger partial charge is 0.328 e. The van der Waals surface area contributed by atoms with Crippen LogP contribution in [-0.2, 0) is 11.0 Å². The molecule has 3 nitrogen and oxygen atoms in total. The average Bonchev–Trinajstić information content (AvgIpc) is 2.77.